The molecule has 0 unspecified atom stereocenters. The average molecular weight is 329 g/mol. The van der Waals surface area contributed by atoms with E-state index in [9.17, 15) is 9.59 Å². The van der Waals surface area contributed by atoms with Crippen LogP contribution in [0.2, 0.25) is 5.02 Å². The van der Waals surface area contributed by atoms with Crippen molar-refractivity contribution >= 4 is 34.8 Å². The number of carbonyl (C=O) groups is 2. The first-order chi connectivity index (χ1) is 11.1. The summed E-state index contributed by atoms with van der Waals surface area (Å²) in [6.07, 6.45) is 0.513. The van der Waals surface area contributed by atoms with Crippen LogP contribution >= 0.6 is 11.6 Å². The van der Waals surface area contributed by atoms with E-state index in [1.54, 1.807) is 23.1 Å². The number of anilines is 2. The Morgan fingerprint density at radius 3 is 2.65 bits per heavy atom. The molecule has 1 atom stereocenters. The molecule has 3 rings (SSSR count). The molecule has 1 N–H and O–H groups in total. The van der Waals surface area contributed by atoms with Crippen molar-refractivity contribution in [2.45, 2.75) is 13.3 Å². The lowest BCUT2D eigenvalue weighted by atomic mass is 10.1. The van der Waals surface area contributed by atoms with E-state index in [0.29, 0.717) is 23.7 Å². The van der Waals surface area contributed by atoms with E-state index in [1.165, 1.54) is 0 Å². The smallest absolute Gasteiger partial charge is 0.239 e. The maximum Gasteiger partial charge on any atom is 0.239 e. The molecule has 1 aliphatic rings. The molecule has 0 spiro atoms. The van der Waals surface area contributed by atoms with Crippen LogP contribution < -0.4 is 10.2 Å². The Balaban J connectivity index is 1.74. The van der Waals surface area contributed by atoms with Gasteiger partial charge < -0.3 is 10.2 Å². The van der Waals surface area contributed by atoms with Gasteiger partial charge in [-0.25, -0.2) is 0 Å². The molecule has 5 heteroatoms. The van der Waals surface area contributed by atoms with Crippen LogP contribution in [0.4, 0.5) is 11.4 Å². The predicted octanol–water partition coefficient (Wildman–Crippen LogP) is 3.64. The number of benzene rings is 2. The zero-order valence-corrected chi connectivity index (χ0v) is 13.5. The molecule has 23 heavy (non-hydrogen) atoms. The monoisotopic (exact) mass is 328 g/mol. The number of rotatable bonds is 3. The number of hydrogen-bond acceptors (Lipinski definition) is 2. The summed E-state index contributed by atoms with van der Waals surface area (Å²) >= 11 is 6.06. The maximum atomic E-state index is 12.5. The summed E-state index contributed by atoms with van der Waals surface area (Å²) < 4.78 is 0. The zero-order valence-electron chi connectivity index (χ0n) is 12.8. The molecular formula is C18H17ClN2O2. The van der Waals surface area contributed by atoms with Crippen molar-refractivity contribution in [2.75, 3.05) is 16.8 Å². The first kappa shape index (κ1) is 15.6. The van der Waals surface area contributed by atoms with Crippen LogP contribution in [0.5, 0.6) is 0 Å². The standard InChI is InChI=1S/C18H17ClN2O2/c1-12-15(19)8-5-9-16(12)20-17(22)14-10-11-21(18(14)23)13-6-3-2-4-7-13/h2-9,14H,10-11H2,1H3,(H,20,22)/t14-/m1/s1. The minimum Gasteiger partial charge on any atom is -0.325 e. The summed E-state index contributed by atoms with van der Waals surface area (Å²) in [6.45, 7) is 2.39. The number of nitrogens with zero attached hydrogens (tertiary/aromatic N) is 1. The van der Waals surface area contributed by atoms with Gasteiger partial charge in [0.1, 0.15) is 5.92 Å². The number of hydrogen-bond donors (Lipinski definition) is 1. The molecule has 1 heterocycles. The molecule has 118 valence electrons. The second kappa shape index (κ2) is 6.42. The molecule has 4 nitrogen and oxygen atoms in total. The van der Waals surface area contributed by atoms with Crippen LogP contribution in [0.3, 0.4) is 0 Å². The third-order valence-electron chi connectivity index (χ3n) is 4.12. The van der Waals surface area contributed by atoms with Gasteiger partial charge in [-0.3, -0.25) is 9.59 Å². The highest BCUT2D eigenvalue weighted by molar-refractivity contribution is 6.31. The Bertz CT molecular complexity index is 746. The van der Waals surface area contributed by atoms with Gasteiger partial charge in [-0.1, -0.05) is 35.9 Å². The fourth-order valence-corrected chi connectivity index (χ4v) is 2.92. The van der Waals surface area contributed by atoms with Crippen molar-refractivity contribution < 1.29 is 9.59 Å². The SMILES string of the molecule is Cc1c(Cl)cccc1NC(=O)[C@H]1CCN(c2ccccc2)C1=O. The lowest BCUT2D eigenvalue weighted by Crippen LogP contribution is -2.33. The molecule has 2 amide bonds. The van der Waals surface area contributed by atoms with Crippen molar-refractivity contribution in [3.05, 3.63) is 59.1 Å². The van der Waals surface area contributed by atoms with Crippen LogP contribution in [0.15, 0.2) is 48.5 Å². The Morgan fingerprint density at radius 1 is 1.17 bits per heavy atom. The first-order valence-corrected chi connectivity index (χ1v) is 7.88. The van der Waals surface area contributed by atoms with Gasteiger partial charge in [0.15, 0.2) is 0 Å². The van der Waals surface area contributed by atoms with Crippen LogP contribution in [-0.2, 0) is 9.59 Å². The van der Waals surface area contributed by atoms with E-state index in [2.05, 4.69) is 5.32 Å². The number of halogens is 1. The Kier molecular flexibility index (Phi) is 4.35. The normalized spacial score (nSPS) is 17.4. The van der Waals surface area contributed by atoms with Crippen LogP contribution in [0.1, 0.15) is 12.0 Å². The average Bonchev–Trinajstić information content (AvgIpc) is 2.94. The topological polar surface area (TPSA) is 49.4 Å². The number of para-hydroxylation sites is 1. The fraction of sp³-hybridized carbons (Fsp3) is 0.222. The Labute approximate surface area is 140 Å². The third-order valence-corrected chi connectivity index (χ3v) is 4.52. The quantitative estimate of drug-likeness (QED) is 0.874. The number of carbonyl (C=O) groups excluding carboxylic acids is 2. The van der Waals surface area contributed by atoms with Gasteiger partial charge in [0.2, 0.25) is 11.8 Å². The first-order valence-electron chi connectivity index (χ1n) is 7.50. The van der Waals surface area contributed by atoms with Crippen LogP contribution in [-0.4, -0.2) is 18.4 Å². The molecule has 0 radical (unpaired) electrons. The van der Waals surface area contributed by atoms with Crippen molar-refractivity contribution in [1.82, 2.24) is 0 Å². The summed E-state index contributed by atoms with van der Waals surface area (Å²) in [5.74, 6) is -1.10. The van der Waals surface area contributed by atoms with E-state index in [4.69, 9.17) is 11.6 Å². The fourth-order valence-electron chi connectivity index (χ4n) is 2.75. The maximum absolute atomic E-state index is 12.5. The summed E-state index contributed by atoms with van der Waals surface area (Å²) in [6, 6.07) is 14.7. The van der Waals surface area contributed by atoms with Crippen molar-refractivity contribution in [1.29, 1.82) is 0 Å². The lowest BCUT2D eigenvalue weighted by Gasteiger charge is -2.17. The summed E-state index contributed by atoms with van der Waals surface area (Å²) in [5.41, 5.74) is 2.27. The number of amides is 2. The van der Waals surface area contributed by atoms with Gasteiger partial charge in [-0.05, 0) is 43.2 Å². The zero-order chi connectivity index (χ0) is 16.4. The second-order valence-corrected chi connectivity index (χ2v) is 5.98. The summed E-state index contributed by atoms with van der Waals surface area (Å²) in [4.78, 5) is 26.7. The highest BCUT2D eigenvalue weighted by Crippen LogP contribution is 2.28. The molecule has 2 aromatic carbocycles. The molecule has 0 aromatic heterocycles. The minimum absolute atomic E-state index is 0.159. The molecule has 1 aliphatic heterocycles. The second-order valence-electron chi connectivity index (χ2n) is 5.57. The lowest BCUT2D eigenvalue weighted by molar-refractivity contribution is -0.129. The van der Waals surface area contributed by atoms with E-state index in [-0.39, 0.29) is 11.8 Å². The van der Waals surface area contributed by atoms with E-state index in [1.807, 2.05) is 37.3 Å². The molecule has 1 fully saturated rings. The van der Waals surface area contributed by atoms with Crippen molar-refractivity contribution in [3.8, 4) is 0 Å². The molecule has 0 bridgehead atoms. The van der Waals surface area contributed by atoms with Gasteiger partial charge in [-0.2, -0.15) is 0 Å². The van der Waals surface area contributed by atoms with E-state index < -0.39 is 5.92 Å². The predicted molar refractivity (Wildman–Crippen MR) is 91.7 cm³/mol. The summed E-state index contributed by atoms with van der Waals surface area (Å²) in [5, 5.41) is 3.41. The molecule has 0 saturated carbocycles. The molecule has 1 saturated heterocycles. The highest BCUT2D eigenvalue weighted by atomic mass is 35.5. The van der Waals surface area contributed by atoms with E-state index >= 15 is 0 Å². The van der Waals surface area contributed by atoms with Gasteiger partial charge in [0.05, 0.1) is 0 Å². The Hall–Kier alpha value is -2.33. The molecule has 0 aliphatic carbocycles. The minimum atomic E-state index is -0.659. The summed E-state index contributed by atoms with van der Waals surface area (Å²) in [7, 11) is 0. The van der Waals surface area contributed by atoms with Gasteiger partial charge >= 0.3 is 0 Å². The largest absolute Gasteiger partial charge is 0.325 e. The highest BCUT2D eigenvalue weighted by Gasteiger charge is 2.37. The van der Waals surface area contributed by atoms with Crippen LogP contribution in [0, 0.1) is 12.8 Å². The molecule has 2 aromatic rings. The Morgan fingerprint density at radius 2 is 1.91 bits per heavy atom. The van der Waals surface area contributed by atoms with Crippen molar-refractivity contribution in [2.24, 2.45) is 5.92 Å². The van der Waals surface area contributed by atoms with E-state index in [0.717, 1.165) is 11.3 Å². The van der Waals surface area contributed by atoms with Crippen LogP contribution in [0.25, 0.3) is 0 Å². The van der Waals surface area contributed by atoms with Crippen molar-refractivity contribution in [3.63, 3.8) is 0 Å². The van der Waals surface area contributed by atoms with Gasteiger partial charge in [0.25, 0.3) is 0 Å². The van der Waals surface area contributed by atoms with Gasteiger partial charge in [-0.15, -0.1) is 0 Å². The third kappa shape index (κ3) is 3.08. The number of nitrogens with one attached hydrogen (secondary N) is 1. The van der Waals surface area contributed by atoms with Gasteiger partial charge in [0, 0.05) is 22.9 Å². The molecular weight excluding hydrogens is 312 g/mol.